The maximum absolute atomic E-state index is 12.6. The van der Waals surface area contributed by atoms with Crippen molar-refractivity contribution < 1.29 is 9.53 Å². The molecule has 0 saturated carbocycles. The second kappa shape index (κ2) is 9.05. The summed E-state index contributed by atoms with van der Waals surface area (Å²) < 4.78 is 7.06. The number of nitrogens with one attached hydrogen (secondary N) is 1. The molecule has 3 heterocycles. The highest BCUT2D eigenvalue weighted by molar-refractivity contribution is 5.93. The lowest BCUT2D eigenvalue weighted by atomic mass is 10.1. The minimum absolute atomic E-state index is 0.149. The number of likely N-dealkylation sites (tertiary alicyclic amines) is 1. The molecule has 1 aliphatic rings. The predicted octanol–water partition coefficient (Wildman–Crippen LogP) is 3.01. The van der Waals surface area contributed by atoms with Crippen molar-refractivity contribution >= 4 is 11.6 Å². The molecular formula is C22H27N5O2. The molecule has 0 atom stereocenters. The zero-order valence-corrected chi connectivity index (χ0v) is 16.8. The number of imidazole rings is 1. The van der Waals surface area contributed by atoms with Gasteiger partial charge in [-0.2, -0.15) is 0 Å². The highest BCUT2D eigenvalue weighted by Gasteiger charge is 2.15. The van der Waals surface area contributed by atoms with Crippen molar-refractivity contribution in [3.05, 3.63) is 48.5 Å². The standard InChI is InChI=1S/C22H27N5O2/c1-29-18-8-6-17(7-9-18)20-21-25-19(16-27(21)15-11-23-20)22(28)24-10-14-26-12-4-2-3-5-13-26/h6-9,11,15-16H,2-5,10,12-14H2,1H3,(H,24,28). The molecule has 152 valence electrons. The van der Waals surface area contributed by atoms with Crippen LogP contribution in [0, 0.1) is 0 Å². The minimum Gasteiger partial charge on any atom is -0.497 e. The summed E-state index contributed by atoms with van der Waals surface area (Å²) in [6, 6.07) is 7.66. The molecule has 0 radical (unpaired) electrons. The van der Waals surface area contributed by atoms with E-state index in [1.54, 1.807) is 19.5 Å². The van der Waals surface area contributed by atoms with Crippen LogP contribution < -0.4 is 10.1 Å². The second-order valence-corrected chi connectivity index (χ2v) is 7.37. The molecule has 0 spiro atoms. The van der Waals surface area contributed by atoms with Gasteiger partial charge in [0, 0.05) is 37.2 Å². The average Bonchev–Trinajstić information content (AvgIpc) is 3.03. The van der Waals surface area contributed by atoms with Crippen LogP contribution in [0.25, 0.3) is 16.9 Å². The lowest BCUT2D eigenvalue weighted by molar-refractivity contribution is 0.0944. The van der Waals surface area contributed by atoms with Gasteiger partial charge < -0.3 is 19.4 Å². The molecule has 7 heteroatoms. The summed E-state index contributed by atoms with van der Waals surface area (Å²) >= 11 is 0. The monoisotopic (exact) mass is 393 g/mol. The maximum Gasteiger partial charge on any atom is 0.271 e. The van der Waals surface area contributed by atoms with Crippen LogP contribution in [0.15, 0.2) is 42.9 Å². The third-order valence-corrected chi connectivity index (χ3v) is 5.38. The Balaban J connectivity index is 1.46. The Hall–Kier alpha value is -2.93. The molecule has 3 aromatic rings. The largest absolute Gasteiger partial charge is 0.497 e. The zero-order chi connectivity index (χ0) is 20.1. The van der Waals surface area contributed by atoms with E-state index in [0.29, 0.717) is 17.9 Å². The van der Waals surface area contributed by atoms with Crippen LogP contribution >= 0.6 is 0 Å². The molecular weight excluding hydrogens is 366 g/mol. The molecule has 2 aromatic heterocycles. The van der Waals surface area contributed by atoms with Crippen molar-refractivity contribution in [2.45, 2.75) is 25.7 Å². The molecule has 1 saturated heterocycles. The number of ether oxygens (including phenoxy) is 1. The van der Waals surface area contributed by atoms with E-state index in [4.69, 9.17) is 4.74 Å². The van der Waals surface area contributed by atoms with E-state index in [-0.39, 0.29) is 5.91 Å². The van der Waals surface area contributed by atoms with Crippen molar-refractivity contribution in [3.8, 4) is 17.0 Å². The summed E-state index contributed by atoms with van der Waals surface area (Å²) in [4.78, 5) is 24.1. The van der Waals surface area contributed by atoms with Gasteiger partial charge in [0.25, 0.3) is 5.91 Å². The van der Waals surface area contributed by atoms with Crippen LogP contribution in [0.1, 0.15) is 36.2 Å². The van der Waals surface area contributed by atoms with Crippen molar-refractivity contribution in [2.75, 3.05) is 33.3 Å². The molecule has 1 aromatic carbocycles. The number of fused-ring (bicyclic) bond motifs is 1. The second-order valence-electron chi connectivity index (χ2n) is 7.37. The maximum atomic E-state index is 12.6. The summed E-state index contributed by atoms with van der Waals surface area (Å²) in [5.41, 5.74) is 2.73. The first-order valence-corrected chi connectivity index (χ1v) is 10.2. The zero-order valence-electron chi connectivity index (χ0n) is 16.8. The number of nitrogens with zero attached hydrogens (tertiary/aromatic N) is 4. The average molecular weight is 393 g/mol. The quantitative estimate of drug-likeness (QED) is 0.697. The van der Waals surface area contributed by atoms with E-state index < -0.39 is 0 Å². The fourth-order valence-electron chi connectivity index (χ4n) is 3.76. The molecule has 1 amide bonds. The Bertz CT molecular complexity index is 959. The Morgan fingerprint density at radius 3 is 2.62 bits per heavy atom. The first-order chi connectivity index (χ1) is 14.2. The van der Waals surface area contributed by atoms with Crippen molar-refractivity contribution in [2.24, 2.45) is 0 Å². The molecule has 1 fully saturated rings. The molecule has 29 heavy (non-hydrogen) atoms. The van der Waals surface area contributed by atoms with E-state index in [1.165, 1.54) is 25.7 Å². The number of aromatic nitrogens is 3. The Labute approximate surface area is 170 Å². The normalized spacial score (nSPS) is 15.2. The van der Waals surface area contributed by atoms with E-state index in [2.05, 4.69) is 20.2 Å². The number of carbonyl (C=O) groups is 1. The highest BCUT2D eigenvalue weighted by atomic mass is 16.5. The summed E-state index contributed by atoms with van der Waals surface area (Å²) in [5.74, 6) is 0.637. The number of hydrogen-bond donors (Lipinski definition) is 1. The van der Waals surface area contributed by atoms with Crippen LogP contribution in [0.5, 0.6) is 5.75 Å². The summed E-state index contributed by atoms with van der Waals surface area (Å²) in [7, 11) is 1.64. The third-order valence-electron chi connectivity index (χ3n) is 5.38. The van der Waals surface area contributed by atoms with Crippen LogP contribution in [0.3, 0.4) is 0 Å². The van der Waals surface area contributed by atoms with Gasteiger partial charge in [0.15, 0.2) is 5.65 Å². The Kier molecular flexibility index (Phi) is 6.05. The summed E-state index contributed by atoms with van der Waals surface area (Å²) in [6.07, 6.45) is 10.4. The number of methoxy groups -OCH3 is 1. The van der Waals surface area contributed by atoms with Gasteiger partial charge in [-0.15, -0.1) is 0 Å². The van der Waals surface area contributed by atoms with E-state index in [9.17, 15) is 4.79 Å². The summed E-state index contributed by atoms with van der Waals surface area (Å²) in [5, 5.41) is 3.01. The first-order valence-electron chi connectivity index (χ1n) is 10.2. The SMILES string of the molecule is COc1ccc(-c2nccn3cc(C(=O)NCCN4CCCCCC4)nc23)cc1. The Morgan fingerprint density at radius 1 is 1.14 bits per heavy atom. The molecule has 1 aliphatic heterocycles. The first kappa shape index (κ1) is 19.4. The topological polar surface area (TPSA) is 71.8 Å². The number of hydrogen-bond acceptors (Lipinski definition) is 5. The van der Waals surface area contributed by atoms with Crippen LogP contribution in [-0.2, 0) is 0 Å². The van der Waals surface area contributed by atoms with Crippen molar-refractivity contribution in [3.63, 3.8) is 0 Å². The van der Waals surface area contributed by atoms with Crippen LogP contribution in [0.4, 0.5) is 0 Å². The Morgan fingerprint density at radius 2 is 1.90 bits per heavy atom. The number of amides is 1. The van der Waals surface area contributed by atoms with Crippen LogP contribution in [0.2, 0.25) is 0 Å². The van der Waals surface area contributed by atoms with Gasteiger partial charge in [0.1, 0.15) is 17.1 Å². The highest BCUT2D eigenvalue weighted by Crippen LogP contribution is 2.24. The molecule has 7 nitrogen and oxygen atoms in total. The van der Waals surface area contributed by atoms with E-state index >= 15 is 0 Å². The van der Waals surface area contributed by atoms with Gasteiger partial charge in [0.05, 0.1) is 7.11 Å². The summed E-state index contributed by atoms with van der Waals surface area (Å²) in [6.45, 7) is 3.77. The van der Waals surface area contributed by atoms with Gasteiger partial charge in [0.2, 0.25) is 0 Å². The minimum atomic E-state index is -0.149. The lowest BCUT2D eigenvalue weighted by Gasteiger charge is -2.19. The van der Waals surface area contributed by atoms with Gasteiger partial charge in [-0.05, 0) is 50.2 Å². The van der Waals surface area contributed by atoms with E-state index in [1.807, 2.05) is 34.9 Å². The van der Waals surface area contributed by atoms with Gasteiger partial charge in [-0.1, -0.05) is 12.8 Å². The number of rotatable bonds is 6. The fraction of sp³-hybridized carbons (Fsp3) is 0.409. The van der Waals surface area contributed by atoms with Crippen molar-refractivity contribution in [1.29, 1.82) is 0 Å². The van der Waals surface area contributed by atoms with E-state index in [0.717, 1.165) is 36.6 Å². The fourth-order valence-corrected chi connectivity index (χ4v) is 3.76. The molecule has 0 bridgehead atoms. The number of benzene rings is 1. The van der Waals surface area contributed by atoms with Crippen LogP contribution in [-0.4, -0.2) is 58.5 Å². The molecule has 0 unspecified atom stereocenters. The lowest BCUT2D eigenvalue weighted by Crippen LogP contribution is -2.35. The van der Waals surface area contributed by atoms with Crippen molar-refractivity contribution in [1.82, 2.24) is 24.6 Å². The van der Waals surface area contributed by atoms with Gasteiger partial charge >= 0.3 is 0 Å². The third kappa shape index (κ3) is 4.56. The molecule has 4 rings (SSSR count). The molecule has 1 N–H and O–H groups in total. The smallest absolute Gasteiger partial charge is 0.271 e. The van der Waals surface area contributed by atoms with Gasteiger partial charge in [-0.25, -0.2) is 4.98 Å². The predicted molar refractivity (Wildman–Crippen MR) is 112 cm³/mol. The number of carbonyl (C=O) groups excluding carboxylic acids is 1. The molecule has 0 aliphatic carbocycles. The van der Waals surface area contributed by atoms with Gasteiger partial charge in [-0.3, -0.25) is 9.78 Å².